The average Bonchev–Trinajstić information content (AvgIpc) is 2.14. The van der Waals surface area contributed by atoms with Crippen molar-refractivity contribution >= 4 is 17.5 Å². The van der Waals surface area contributed by atoms with Crippen molar-refractivity contribution in [3.63, 3.8) is 0 Å². The Balaban J connectivity index is 3.07. The second-order valence-electron chi connectivity index (χ2n) is 3.37. The van der Waals surface area contributed by atoms with Gasteiger partial charge in [-0.25, -0.2) is 9.78 Å². The fourth-order valence-corrected chi connectivity index (χ4v) is 1.30. The number of aromatic nitrogens is 1. The predicted molar refractivity (Wildman–Crippen MR) is 54.9 cm³/mol. The van der Waals surface area contributed by atoms with Crippen LogP contribution < -0.4 is 10.6 Å². The summed E-state index contributed by atoms with van der Waals surface area (Å²) in [4.78, 5) is 15.1. The average molecular weight is 249 g/mol. The number of carboxylic acid groups (broad SMARTS) is 1. The molecule has 0 spiro atoms. The second kappa shape index (κ2) is 4.48. The molecule has 8 heteroatoms. The monoisotopic (exact) mass is 249 g/mol. The largest absolute Gasteiger partial charge is 0.478 e. The van der Waals surface area contributed by atoms with E-state index in [9.17, 15) is 18.0 Å². The lowest BCUT2D eigenvalue weighted by Crippen LogP contribution is -2.32. The molecule has 0 amide bonds. The number of halogens is 3. The molecule has 0 aliphatic carbocycles. The van der Waals surface area contributed by atoms with E-state index < -0.39 is 18.7 Å². The quantitative estimate of drug-likeness (QED) is 0.845. The zero-order chi connectivity index (χ0) is 13.2. The maximum atomic E-state index is 12.2. The molecule has 0 unspecified atom stereocenters. The molecule has 1 heterocycles. The topological polar surface area (TPSA) is 79.5 Å². The van der Waals surface area contributed by atoms with Crippen LogP contribution in [0.3, 0.4) is 0 Å². The SMILES string of the molecule is CN(CC(F)(F)F)c1nccc(C(=O)O)c1N. The summed E-state index contributed by atoms with van der Waals surface area (Å²) in [5.41, 5.74) is 4.89. The second-order valence-corrected chi connectivity index (χ2v) is 3.37. The van der Waals surface area contributed by atoms with E-state index in [1.807, 2.05) is 0 Å². The fraction of sp³-hybridized carbons (Fsp3) is 0.333. The highest BCUT2D eigenvalue weighted by atomic mass is 19.4. The Hall–Kier alpha value is -1.99. The van der Waals surface area contributed by atoms with Crippen molar-refractivity contribution in [2.45, 2.75) is 6.18 Å². The van der Waals surface area contributed by atoms with E-state index in [0.717, 1.165) is 24.2 Å². The van der Waals surface area contributed by atoms with Gasteiger partial charge in [-0.2, -0.15) is 13.2 Å². The third kappa shape index (κ3) is 3.23. The number of nitrogens with zero attached hydrogens (tertiary/aromatic N) is 2. The Kier molecular flexibility index (Phi) is 3.45. The molecule has 17 heavy (non-hydrogen) atoms. The van der Waals surface area contributed by atoms with Crippen LogP contribution in [0.4, 0.5) is 24.7 Å². The summed E-state index contributed by atoms with van der Waals surface area (Å²) in [7, 11) is 1.14. The molecule has 3 N–H and O–H groups in total. The predicted octanol–water partition coefficient (Wildman–Crippen LogP) is 1.36. The van der Waals surface area contributed by atoms with Crippen molar-refractivity contribution in [2.24, 2.45) is 0 Å². The molecule has 94 valence electrons. The summed E-state index contributed by atoms with van der Waals surface area (Å²) >= 11 is 0. The van der Waals surface area contributed by atoms with Gasteiger partial charge < -0.3 is 15.7 Å². The van der Waals surface area contributed by atoms with Gasteiger partial charge in [0.25, 0.3) is 0 Å². The number of alkyl halides is 3. The van der Waals surface area contributed by atoms with Crippen molar-refractivity contribution < 1.29 is 23.1 Å². The highest BCUT2D eigenvalue weighted by Crippen LogP contribution is 2.26. The van der Waals surface area contributed by atoms with E-state index in [1.165, 1.54) is 0 Å². The van der Waals surface area contributed by atoms with Crippen molar-refractivity contribution in [3.8, 4) is 0 Å². The molecule has 0 atom stereocenters. The van der Waals surface area contributed by atoms with Crippen molar-refractivity contribution in [1.82, 2.24) is 4.98 Å². The maximum Gasteiger partial charge on any atom is 0.405 e. The molecular formula is C9H10F3N3O2. The molecule has 0 aliphatic rings. The van der Waals surface area contributed by atoms with Gasteiger partial charge in [0.05, 0.1) is 11.3 Å². The van der Waals surface area contributed by atoms with Gasteiger partial charge in [0.2, 0.25) is 0 Å². The highest BCUT2D eigenvalue weighted by molar-refractivity contribution is 5.96. The van der Waals surface area contributed by atoms with E-state index in [4.69, 9.17) is 10.8 Å². The van der Waals surface area contributed by atoms with Gasteiger partial charge in [-0.05, 0) is 6.07 Å². The lowest BCUT2D eigenvalue weighted by molar-refractivity contribution is -0.119. The minimum absolute atomic E-state index is 0.206. The van der Waals surface area contributed by atoms with Gasteiger partial charge in [0.1, 0.15) is 6.54 Å². The van der Waals surface area contributed by atoms with Crippen molar-refractivity contribution in [1.29, 1.82) is 0 Å². The van der Waals surface area contributed by atoms with Gasteiger partial charge in [0.15, 0.2) is 5.82 Å². The third-order valence-corrected chi connectivity index (χ3v) is 1.98. The molecule has 0 aliphatic heterocycles. The normalized spacial score (nSPS) is 11.3. The highest BCUT2D eigenvalue weighted by Gasteiger charge is 2.30. The number of hydrogen-bond donors (Lipinski definition) is 2. The van der Waals surface area contributed by atoms with E-state index in [0.29, 0.717) is 0 Å². The molecule has 1 aromatic rings. The maximum absolute atomic E-state index is 12.2. The number of carboxylic acids is 1. The van der Waals surface area contributed by atoms with Crippen LogP contribution in [-0.2, 0) is 0 Å². The first kappa shape index (κ1) is 13.1. The summed E-state index contributed by atoms with van der Waals surface area (Å²) in [6.45, 7) is -1.26. The number of hydrogen-bond acceptors (Lipinski definition) is 4. The minimum Gasteiger partial charge on any atom is -0.478 e. The Bertz CT molecular complexity index is 434. The molecule has 0 bridgehead atoms. The molecule has 5 nitrogen and oxygen atoms in total. The Morgan fingerprint density at radius 3 is 2.65 bits per heavy atom. The summed E-state index contributed by atoms with van der Waals surface area (Å²) in [6, 6.07) is 1.13. The number of aromatic carboxylic acids is 1. The van der Waals surface area contributed by atoms with Gasteiger partial charge in [-0.15, -0.1) is 0 Å². The Morgan fingerprint density at radius 2 is 2.18 bits per heavy atom. The van der Waals surface area contributed by atoms with Gasteiger partial charge in [-0.3, -0.25) is 0 Å². The lowest BCUT2D eigenvalue weighted by atomic mass is 10.2. The first-order chi connectivity index (χ1) is 7.72. The van der Waals surface area contributed by atoms with Crippen molar-refractivity contribution in [2.75, 3.05) is 24.2 Å². The van der Waals surface area contributed by atoms with E-state index in [1.54, 1.807) is 0 Å². The number of carbonyl (C=O) groups is 1. The lowest BCUT2D eigenvalue weighted by Gasteiger charge is -2.21. The number of rotatable bonds is 3. The Labute approximate surface area is 94.7 Å². The van der Waals surface area contributed by atoms with E-state index >= 15 is 0 Å². The molecule has 0 saturated carbocycles. The van der Waals surface area contributed by atoms with Gasteiger partial charge in [0, 0.05) is 13.2 Å². The van der Waals surface area contributed by atoms with Gasteiger partial charge >= 0.3 is 12.1 Å². The first-order valence-electron chi connectivity index (χ1n) is 4.48. The molecule has 0 radical (unpaired) electrons. The van der Waals surface area contributed by atoms with Crippen LogP contribution in [0.25, 0.3) is 0 Å². The molecular weight excluding hydrogens is 239 g/mol. The van der Waals surface area contributed by atoms with Crippen LogP contribution in [-0.4, -0.2) is 35.8 Å². The van der Waals surface area contributed by atoms with Crippen molar-refractivity contribution in [3.05, 3.63) is 17.8 Å². The summed E-state index contributed by atoms with van der Waals surface area (Å²) < 4.78 is 36.5. The van der Waals surface area contributed by atoms with Crippen LogP contribution in [0.2, 0.25) is 0 Å². The summed E-state index contributed by atoms with van der Waals surface area (Å²) in [5.74, 6) is -1.52. The third-order valence-electron chi connectivity index (χ3n) is 1.98. The molecule has 1 rings (SSSR count). The number of anilines is 2. The molecule has 0 aromatic carbocycles. The van der Waals surface area contributed by atoms with Crippen LogP contribution in [0.1, 0.15) is 10.4 Å². The zero-order valence-corrected chi connectivity index (χ0v) is 8.82. The summed E-state index contributed by atoms with van der Waals surface area (Å²) in [6.07, 6.45) is -3.32. The standard InChI is InChI=1S/C9H10F3N3O2/c1-15(4-9(10,11)12)7-6(13)5(8(16)17)2-3-14-7/h2-3H,4,13H2,1H3,(H,16,17). The van der Waals surface area contributed by atoms with Crippen LogP contribution in [0, 0.1) is 0 Å². The minimum atomic E-state index is -4.41. The number of nitrogens with two attached hydrogens (primary N) is 1. The summed E-state index contributed by atoms with van der Waals surface area (Å²) in [5, 5.41) is 8.76. The molecule has 0 saturated heterocycles. The fourth-order valence-electron chi connectivity index (χ4n) is 1.30. The van der Waals surface area contributed by atoms with Gasteiger partial charge in [-0.1, -0.05) is 0 Å². The molecule has 0 fully saturated rings. The van der Waals surface area contributed by atoms with Crippen LogP contribution in [0.15, 0.2) is 12.3 Å². The number of pyridine rings is 1. The smallest absolute Gasteiger partial charge is 0.405 e. The zero-order valence-electron chi connectivity index (χ0n) is 8.82. The molecule has 1 aromatic heterocycles. The van der Waals surface area contributed by atoms with E-state index in [-0.39, 0.29) is 17.1 Å². The number of nitrogen functional groups attached to an aromatic ring is 1. The van der Waals surface area contributed by atoms with E-state index in [2.05, 4.69) is 4.98 Å². The Morgan fingerprint density at radius 1 is 1.59 bits per heavy atom. The van der Waals surface area contributed by atoms with Crippen LogP contribution >= 0.6 is 0 Å². The first-order valence-corrected chi connectivity index (χ1v) is 4.48. The van der Waals surface area contributed by atoms with Crippen LogP contribution in [0.5, 0.6) is 0 Å².